The minimum absolute atomic E-state index is 0.0127. The molecule has 194 valence electrons. The number of rotatable bonds is 10. The van der Waals surface area contributed by atoms with Crippen LogP contribution in [0.3, 0.4) is 0 Å². The number of nitrogens with zero attached hydrogens (tertiary/aromatic N) is 5. The normalized spacial score (nSPS) is 30.1. The fourth-order valence-corrected chi connectivity index (χ4v) is 5.06. The van der Waals surface area contributed by atoms with Gasteiger partial charge in [-0.05, 0) is 36.9 Å². The van der Waals surface area contributed by atoms with E-state index < -0.39 is 36.4 Å². The number of anilines is 1. The van der Waals surface area contributed by atoms with Crippen molar-refractivity contribution in [2.24, 2.45) is 0 Å². The van der Waals surface area contributed by atoms with Crippen LogP contribution in [0.5, 0.6) is 0 Å². The lowest BCUT2D eigenvalue weighted by molar-refractivity contribution is -0.0629. The number of hydrogen-bond acceptors (Lipinski definition) is 10. The van der Waals surface area contributed by atoms with Gasteiger partial charge in [0.05, 0.1) is 25.4 Å². The van der Waals surface area contributed by atoms with Gasteiger partial charge in [0, 0.05) is 29.6 Å². The SMILES string of the molecule is [2H]C([2H])(C)C([2H])([2H])Sc1nc(N[C@@H]2C[C@H]2c2ccc(C)c(F)c2)c2nnn([C@@H]3C[C@H](OCCO)[C@@H](O)[C@H]3O)c2n1. The Hall–Kier alpha value is -2.38. The molecular weight excluding hydrogens is 487 g/mol. The van der Waals surface area contributed by atoms with Gasteiger partial charge in [-0.1, -0.05) is 36.0 Å². The summed E-state index contributed by atoms with van der Waals surface area (Å²) in [7, 11) is 0. The molecule has 2 heterocycles. The summed E-state index contributed by atoms with van der Waals surface area (Å²) in [6.07, 6.45) is -4.66. The third-order valence-corrected chi connectivity index (χ3v) is 7.29. The van der Waals surface area contributed by atoms with Crippen LogP contribution in [0.1, 0.15) is 54.7 Å². The molecule has 4 N–H and O–H groups in total. The Bertz CT molecular complexity index is 1400. The van der Waals surface area contributed by atoms with Crippen molar-refractivity contribution < 1.29 is 29.9 Å². The molecule has 2 aliphatic carbocycles. The summed E-state index contributed by atoms with van der Waals surface area (Å²) in [5.74, 6) is -0.0324. The first-order valence-corrected chi connectivity index (χ1v) is 12.6. The number of hydrogen-bond donors (Lipinski definition) is 4. The Labute approximate surface area is 217 Å². The van der Waals surface area contributed by atoms with Gasteiger partial charge in [0.2, 0.25) is 0 Å². The number of ether oxygens (including phenoxy) is 1. The molecule has 10 nitrogen and oxygen atoms in total. The van der Waals surface area contributed by atoms with Crippen molar-refractivity contribution in [1.82, 2.24) is 25.0 Å². The maximum Gasteiger partial charge on any atom is 0.191 e. The molecule has 2 saturated carbocycles. The van der Waals surface area contributed by atoms with Gasteiger partial charge in [-0.2, -0.15) is 0 Å². The van der Waals surface area contributed by atoms with E-state index in [1.54, 1.807) is 13.0 Å². The Morgan fingerprint density at radius 3 is 2.86 bits per heavy atom. The van der Waals surface area contributed by atoms with Crippen LogP contribution < -0.4 is 5.32 Å². The van der Waals surface area contributed by atoms with Crippen LogP contribution in [-0.2, 0) is 4.74 Å². The van der Waals surface area contributed by atoms with Crippen molar-refractivity contribution in [3.05, 3.63) is 35.1 Å². The van der Waals surface area contributed by atoms with Crippen LogP contribution in [0.4, 0.5) is 10.2 Å². The van der Waals surface area contributed by atoms with E-state index in [-0.39, 0.29) is 59.5 Å². The first kappa shape index (κ1) is 20.7. The lowest BCUT2D eigenvalue weighted by Crippen LogP contribution is -2.33. The maximum atomic E-state index is 14.2. The first-order valence-electron chi connectivity index (χ1n) is 13.7. The Morgan fingerprint density at radius 2 is 2.11 bits per heavy atom. The van der Waals surface area contributed by atoms with Crippen LogP contribution in [-0.4, -0.2) is 83.6 Å². The van der Waals surface area contributed by atoms with E-state index in [9.17, 15) is 14.6 Å². The number of nitrogens with one attached hydrogen (secondary N) is 1. The average molecular weight is 523 g/mol. The summed E-state index contributed by atoms with van der Waals surface area (Å²) in [4.78, 5) is 8.88. The highest BCUT2D eigenvalue weighted by Crippen LogP contribution is 2.44. The second-order valence-electron chi connectivity index (χ2n) is 9.03. The quantitative estimate of drug-likeness (QED) is 0.231. The summed E-state index contributed by atoms with van der Waals surface area (Å²) in [6.45, 7) is 2.56. The van der Waals surface area contributed by atoms with Gasteiger partial charge in [0.15, 0.2) is 22.1 Å². The predicted molar refractivity (Wildman–Crippen MR) is 133 cm³/mol. The average Bonchev–Trinajstić information content (AvgIpc) is 3.42. The van der Waals surface area contributed by atoms with Crippen LogP contribution in [0.25, 0.3) is 11.2 Å². The lowest BCUT2D eigenvalue weighted by Gasteiger charge is -2.17. The molecule has 2 aromatic heterocycles. The molecule has 0 bridgehead atoms. The number of halogens is 1. The van der Waals surface area contributed by atoms with Crippen LogP contribution in [0.2, 0.25) is 0 Å². The van der Waals surface area contributed by atoms with Crippen molar-refractivity contribution >= 4 is 28.7 Å². The van der Waals surface area contributed by atoms with Crippen LogP contribution in [0, 0.1) is 12.7 Å². The van der Waals surface area contributed by atoms with E-state index in [2.05, 4.69) is 25.6 Å². The molecule has 0 radical (unpaired) electrons. The van der Waals surface area contributed by atoms with Crippen LogP contribution in [0.15, 0.2) is 23.4 Å². The van der Waals surface area contributed by atoms with Crippen molar-refractivity contribution in [2.45, 2.75) is 74.5 Å². The van der Waals surface area contributed by atoms with Gasteiger partial charge in [-0.25, -0.2) is 19.0 Å². The zero-order valence-electron chi connectivity index (χ0n) is 23.8. The van der Waals surface area contributed by atoms with Gasteiger partial charge in [0.1, 0.15) is 18.0 Å². The van der Waals surface area contributed by atoms with E-state index in [0.29, 0.717) is 23.7 Å². The molecule has 0 unspecified atom stereocenters. The molecule has 0 amide bonds. The Kier molecular flexibility index (Phi) is 6.05. The zero-order chi connectivity index (χ0) is 29.0. The number of aryl methyl sites for hydroxylation is 1. The molecule has 2 aliphatic rings. The third kappa shape index (κ3) is 4.92. The van der Waals surface area contributed by atoms with Gasteiger partial charge in [-0.15, -0.1) is 5.10 Å². The van der Waals surface area contributed by atoms with Gasteiger partial charge in [0.25, 0.3) is 0 Å². The molecular formula is C24H31FN6O4S. The minimum atomic E-state index is -2.38. The fraction of sp³-hybridized carbons (Fsp3) is 0.583. The summed E-state index contributed by atoms with van der Waals surface area (Å²) in [5, 5.41) is 41.9. The smallest absolute Gasteiger partial charge is 0.191 e. The molecule has 0 aliphatic heterocycles. The highest BCUT2D eigenvalue weighted by molar-refractivity contribution is 7.99. The molecule has 6 atom stereocenters. The first-order chi connectivity index (χ1) is 18.8. The Morgan fingerprint density at radius 1 is 1.28 bits per heavy atom. The molecule has 0 spiro atoms. The topological polar surface area (TPSA) is 138 Å². The Balaban J connectivity index is 1.49. The highest BCUT2D eigenvalue weighted by atomic mass is 32.2. The lowest BCUT2D eigenvalue weighted by atomic mass is 10.1. The molecule has 2 fully saturated rings. The van der Waals surface area contributed by atoms with Crippen molar-refractivity contribution in [2.75, 3.05) is 24.2 Å². The highest BCUT2D eigenvalue weighted by Gasteiger charge is 2.45. The summed E-state index contributed by atoms with van der Waals surface area (Å²) in [5.41, 5.74) is -0.601. The molecule has 1 aromatic carbocycles. The zero-order valence-corrected chi connectivity index (χ0v) is 20.6. The van der Waals surface area contributed by atoms with Crippen molar-refractivity contribution in [3.63, 3.8) is 0 Å². The summed E-state index contributed by atoms with van der Waals surface area (Å²) in [6, 6.07) is 4.20. The molecule has 0 saturated heterocycles. The van der Waals surface area contributed by atoms with Gasteiger partial charge < -0.3 is 25.4 Å². The van der Waals surface area contributed by atoms with Crippen molar-refractivity contribution in [3.8, 4) is 0 Å². The van der Waals surface area contributed by atoms with E-state index in [1.807, 2.05) is 6.07 Å². The second-order valence-corrected chi connectivity index (χ2v) is 9.81. The summed E-state index contributed by atoms with van der Waals surface area (Å²) >= 11 is 0.511. The second kappa shape index (κ2) is 10.5. The molecule has 12 heteroatoms. The number of benzene rings is 1. The largest absolute Gasteiger partial charge is 0.394 e. The maximum absolute atomic E-state index is 14.2. The van der Waals surface area contributed by atoms with E-state index in [1.165, 1.54) is 10.7 Å². The number of aliphatic hydroxyl groups excluding tert-OH is 3. The van der Waals surface area contributed by atoms with Crippen molar-refractivity contribution in [1.29, 1.82) is 0 Å². The van der Waals surface area contributed by atoms with E-state index in [0.717, 1.165) is 12.5 Å². The molecule has 3 aromatic rings. The summed E-state index contributed by atoms with van der Waals surface area (Å²) < 4.78 is 53.2. The predicted octanol–water partition coefficient (Wildman–Crippen LogP) is 2.18. The number of aliphatic hydroxyl groups is 3. The van der Waals surface area contributed by atoms with Gasteiger partial charge >= 0.3 is 0 Å². The standard InChI is InChI=1S/C24H31FN6O4S/c1-3-8-36-24-27-22(26-16-10-14(16)13-5-4-12(2)15(25)9-13)19-23(28-24)31(30-29-19)17-11-18(35-7-6-32)21(34)20(17)33/h4-5,9,14,16-18,20-21,32-34H,3,6-8,10-11H2,1-2H3,(H,26,27,28)/t14-,16+,17+,18-,20-,21+/m0/s1/i3D2,8D2. The molecule has 36 heavy (non-hydrogen) atoms. The number of aromatic nitrogens is 5. The fourth-order valence-electron chi connectivity index (χ4n) is 4.59. The minimum Gasteiger partial charge on any atom is -0.394 e. The van der Waals surface area contributed by atoms with Crippen LogP contribution >= 0.6 is 11.8 Å². The van der Waals surface area contributed by atoms with E-state index >= 15 is 0 Å². The third-order valence-electron chi connectivity index (χ3n) is 6.62. The van der Waals surface area contributed by atoms with E-state index in [4.69, 9.17) is 15.3 Å². The molecule has 5 rings (SSSR count). The number of thioether (sulfide) groups is 1. The van der Waals surface area contributed by atoms with Gasteiger partial charge in [-0.3, -0.25) is 0 Å². The number of fused-ring (bicyclic) bond motifs is 1. The monoisotopic (exact) mass is 522 g/mol.